The molecule has 2 saturated carbocycles. The highest BCUT2D eigenvalue weighted by Crippen LogP contribution is 2.41. The first kappa shape index (κ1) is 20.4. The second-order valence-corrected chi connectivity index (χ2v) is 9.11. The van der Waals surface area contributed by atoms with Crippen molar-refractivity contribution in [3.8, 4) is 0 Å². The molecule has 1 aromatic rings. The van der Waals surface area contributed by atoms with Crippen LogP contribution in [0.5, 0.6) is 0 Å². The van der Waals surface area contributed by atoms with Crippen LogP contribution in [0.1, 0.15) is 83.1 Å². The van der Waals surface area contributed by atoms with Gasteiger partial charge in [-0.2, -0.15) is 0 Å². The summed E-state index contributed by atoms with van der Waals surface area (Å²) in [6, 6.07) is 10.5. The van der Waals surface area contributed by atoms with E-state index in [-0.39, 0.29) is 25.3 Å². The molecule has 154 valence electrons. The molecule has 4 rings (SSSR count). The molecule has 0 spiro atoms. The first-order valence-electron chi connectivity index (χ1n) is 11.8. The normalized spacial score (nSPS) is 28.5. The van der Waals surface area contributed by atoms with Crippen LogP contribution < -0.4 is 0 Å². The van der Waals surface area contributed by atoms with E-state index < -0.39 is 0 Å². The Labute approximate surface area is 171 Å². The molecular formula is C24H37BO3. The third kappa shape index (κ3) is 5.01. The fraction of sp³-hybridized carbons (Fsp3) is 0.750. The second-order valence-electron chi connectivity index (χ2n) is 9.11. The quantitative estimate of drug-likeness (QED) is 0.544. The van der Waals surface area contributed by atoms with E-state index in [0.29, 0.717) is 18.4 Å². The topological polar surface area (TPSA) is 27.7 Å². The molecule has 0 bridgehead atoms. The lowest BCUT2D eigenvalue weighted by Crippen LogP contribution is -2.38. The summed E-state index contributed by atoms with van der Waals surface area (Å²) in [4.78, 5) is 0. The maximum absolute atomic E-state index is 6.66. The molecule has 1 heterocycles. The second kappa shape index (κ2) is 10.3. The lowest BCUT2D eigenvalue weighted by Gasteiger charge is -2.35. The zero-order valence-electron chi connectivity index (χ0n) is 17.6. The summed E-state index contributed by atoms with van der Waals surface area (Å²) in [6.45, 7) is 2.82. The highest BCUT2D eigenvalue weighted by Gasteiger charge is 2.49. The Morgan fingerprint density at radius 3 is 1.89 bits per heavy atom. The van der Waals surface area contributed by atoms with Crippen LogP contribution in [-0.2, 0) is 20.7 Å². The number of ether oxygens (including phenoxy) is 1. The third-order valence-electron chi connectivity index (χ3n) is 7.15. The van der Waals surface area contributed by atoms with E-state index in [4.69, 9.17) is 14.0 Å². The predicted molar refractivity (Wildman–Crippen MR) is 114 cm³/mol. The van der Waals surface area contributed by atoms with Crippen molar-refractivity contribution in [1.29, 1.82) is 0 Å². The van der Waals surface area contributed by atoms with Gasteiger partial charge < -0.3 is 14.0 Å². The third-order valence-corrected chi connectivity index (χ3v) is 7.15. The summed E-state index contributed by atoms with van der Waals surface area (Å²) in [5.74, 6) is 1.36. The van der Waals surface area contributed by atoms with Crippen molar-refractivity contribution >= 4 is 7.12 Å². The summed E-state index contributed by atoms with van der Waals surface area (Å²) < 4.78 is 19.6. The summed E-state index contributed by atoms with van der Waals surface area (Å²) in [5, 5.41) is 0. The molecule has 3 nitrogen and oxygen atoms in total. The number of hydrogen-bond acceptors (Lipinski definition) is 3. The van der Waals surface area contributed by atoms with Crippen LogP contribution in [0.3, 0.4) is 0 Å². The average molecular weight is 384 g/mol. The zero-order valence-corrected chi connectivity index (χ0v) is 17.6. The van der Waals surface area contributed by atoms with Gasteiger partial charge in [-0.1, -0.05) is 75.8 Å². The minimum atomic E-state index is -0.201. The van der Waals surface area contributed by atoms with E-state index in [2.05, 4.69) is 31.2 Å². The minimum Gasteiger partial charge on any atom is -0.404 e. The van der Waals surface area contributed by atoms with Gasteiger partial charge >= 0.3 is 7.12 Å². The maximum atomic E-state index is 6.66. The first-order chi connectivity index (χ1) is 13.8. The van der Waals surface area contributed by atoms with Crippen molar-refractivity contribution in [3.63, 3.8) is 0 Å². The van der Waals surface area contributed by atoms with Crippen molar-refractivity contribution in [2.75, 3.05) is 0 Å². The average Bonchev–Trinajstić information content (AvgIpc) is 3.21. The number of benzene rings is 1. The van der Waals surface area contributed by atoms with Crippen LogP contribution >= 0.6 is 0 Å². The maximum Gasteiger partial charge on any atom is 0.488 e. The summed E-state index contributed by atoms with van der Waals surface area (Å²) >= 11 is 0. The molecule has 3 fully saturated rings. The Morgan fingerprint density at radius 1 is 0.857 bits per heavy atom. The summed E-state index contributed by atoms with van der Waals surface area (Å²) in [6.07, 6.45) is 14.9. The molecule has 0 amide bonds. The molecule has 0 unspecified atom stereocenters. The smallest absolute Gasteiger partial charge is 0.404 e. The summed E-state index contributed by atoms with van der Waals surface area (Å²) in [5.41, 5.74) is 1.21. The van der Waals surface area contributed by atoms with Crippen molar-refractivity contribution in [1.82, 2.24) is 0 Å². The molecule has 1 aliphatic heterocycles. The molecule has 0 N–H and O–H groups in total. The van der Waals surface area contributed by atoms with E-state index in [0.717, 1.165) is 6.42 Å². The molecule has 4 heteroatoms. The number of rotatable bonds is 7. The van der Waals surface area contributed by atoms with Crippen LogP contribution in [0.25, 0.3) is 0 Å². The molecule has 3 atom stereocenters. The Morgan fingerprint density at radius 2 is 1.39 bits per heavy atom. The molecular weight excluding hydrogens is 347 g/mol. The Kier molecular flexibility index (Phi) is 7.50. The zero-order chi connectivity index (χ0) is 19.2. The van der Waals surface area contributed by atoms with Crippen LogP contribution in [0.4, 0.5) is 0 Å². The predicted octanol–water partition coefficient (Wildman–Crippen LogP) is 5.95. The van der Waals surface area contributed by atoms with Crippen LogP contribution in [0, 0.1) is 11.8 Å². The van der Waals surface area contributed by atoms with Gasteiger partial charge in [-0.25, -0.2) is 0 Å². The van der Waals surface area contributed by atoms with Gasteiger partial charge in [0.25, 0.3) is 0 Å². The molecule has 0 aromatic heterocycles. The van der Waals surface area contributed by atoms with E-state index in [1.54, 1.807) is 0 Å². The Balaban J connectivity index is 1.42. The van der Waals surface area contributed by atoms with Gasteiger partial charge in [0.1, 0.15) is 0 Å². The standard InChI is InChI=1S/C24H37BO3/c1-2-22(26-18-19-12-6-3-7-13-19)25-27-23(20-14-8-4-9-15-20)24(28-25)21-16-10-5-11-17-21/h3,6-7,12-13,20-24H,2,4-5,8-11,14-18H2,1H3/t22-,23+,24+/m0/s1. The van der Waals surface area contributed by atoms with Crippen molar-refractivity contribution in [3.05, 3.63) is 35.9 Å². The van der Waals surface area contributed by atoms with Gasteiger partial charge in [-0.3, -0.25) is 0 Å². The largest absolute Gasteiger partial charge is 0.488 e. The van der Waals surface area contributed by atoms with Crippen molar-refractivity contribution < 1.29 is 14.0 Å². The first-order valence-corrected chi connectivity index (χ1v) is 11.8. The van der Waals surface area contributed by atoms with E-state index in [9.17, 15) is 0 Å². The van der Waals surface area contributed by atoms with Gasteiger partial charge in [-0.05, 0) is 49.5 Å². The van der Waals surface area contributed by atoms with Gasteiger partial charge in [0.05, 0.1) is 24.8 Å². The minimum absolute atomic E-state index is 0.0138. The number of hydrogen-bond donors (Lipinski definition) is 0. The molecule has 1 saturated heterocycles. The van der Waals surface area contributed by atoms with Crippen molar-refractivity contribution in [2.24, 2.45) is 11.8 Å². The SMILES string of the molecule is CC[C@H](OCc1ccccc1)B1O[C@H](C2CCCCC2)[C@@H](C2CCCCC2)O1. The molecule has 0 radical (unpaired) electrons. The molecule has 1 aromatic carbocycles. The monoisotopic (exact) mass is 384 g/mol. The van der Waals surface area contributed by atoms with Crippen LogP contribution in [-0.4, -0.2) is 25.3 Å². The van der Waals surface area contributed by atoms with Crippen LogP contribution in [0.15, 0.2) is 30.3 Å². The van der Waals surface area contributed by atoms with Gasteiger partial charge in [0.2, 0.25) is 0 Å². The molecule has 3 aliphatic rings. The van der Waals surface area contributed by atoms with Gasteiger partial charge in [0.15, 0.2) is 0 Å². The highest BCUT2D eigenvalue weighted by molar-refractivity contribution is 6.46. The molecule has 28 heavy (non-hydrogen) atoms. The van der Waals surface area contributed by atoms with Crippen molar-refractivity contribution in [2.45, 2.75) is 102 Å². The van der Waals surface area contributed by atoms with E-state index in [1.165, 1.54) is 69.8 Å². The fourth-order valence-electron chi connectivity index (χ4n) is 5.52. The van der Waals surface area contributed by atoms with Gasteiger partial charge in [-0.15, -0.1) is 0 Å². The van der Waals surface area contributed by atoms with Crippen LogP contribution in [0.2, 0.25) is 0 Å². The van der Waals surface area contributed by atoms with E-state index >= 15 is 0 Å². The lowest BCUT2D eigenvalue weighted by atomic mass is 9.77. The van der Waals surface area contributed by atoms with E-state index in [1.807, 2.05) is 6.07 Å². The van der Waals surface area contributed by atoms with Gasteiger partial charge in [0, 0.05) is 0 Å². The Hall–Kier alpha value is -0.835. The summed E-state index contributed by atoms with van der Waals surface area (Å²) in [7, 11) is -0.201. The lowest BCUT2D eigenvalue weighted by molar-refractivity contribution is 0.0324. The highest BCUT2D eigenvalue weighted by atomic mass is 16.7. The fourth-order valence-corrected chi connectivity index (χ4v) is 5.52. The Bertz CT molecular complexity index is 542. The molecule has 2 aliphatic carbocycles.